The molecule has 0 aliphatic carbocycles. The average molecular weight is 216 g/mol. The van der Waals surface area contributed by atoms with E-state index in [0.29, 0.717) is 5.69 Å². The molecule has 0 saturated carbocycles. The number of aromatic nitrogens is 2. The molecule has 3 N–H and O–H groups in total. The highest BCUT2D eigenvalue weighted by Gasteiger charge is 2.07. The van der Waals surface area contributed by atoms with E-state index in [4.69, 9.17) is 10.9 Å². The highest BCUT2D eigenvalue weighted by atomic mass is 16.4. The zero-order valence-electron chi connectivity index (χ0n) is 8.83. The fourth-order valence-corrected chi connectivity index (χ4v) is 1.44. The van der Waals surface area contributed by atoms with E-state index >= 15 is 0 Å². The largest absolute Gasteiger partial charge is 0.409 e. The molecule has 0 unspecified atom stereocenters. The van der Waals surface area contributed by atoms with Crippen LogP contribution < -0.4 is 5.73 Å². The van der Waals surface area contributed by atoms with Crippen LogP contribution in [0.4, 0.5) is 0 Å². The van der Waals surface area contributed by atoms with E-state index in [1.54, 1.807) is 16.8 Å². The summed E-state index contributed by atoms with van der Waals surface area (Å²) in [4.78, 5) is 4.27. The topological polar surface area (TPSA) is 76.4 Å². The lowest BCUT2D eigenvalue weighted by molar-refractivity contribution is 0.318. The minimum atomic E-state index is 0.0624. The molecule has 5 nitrogen and oxygen atoms in total. The number of amidine groups is 1. The van der Waals surface area contributed by atoms with E-state index in [9.17, 15) is 0 Å². The van der Waals surface area contributed by atoms with E-state index in [1.807, 2.05) is 31.3 Å². The summed E-state index contributed by atoms with van der Waals surface area (Å²) in [5.41, 5.74) is 7.25. The van der Waals surface area contributed by atoms with Crippen LogP contribution in [-0.4, -0.2) is 20.6 Å². The molecule has 0 aliphatic rings. The molecule has 82 valence electrons. The molecule has 0 amide bonds. The molecule has 0 aromatic carbocycles. The second-order valence-electron chi connectivity index (χ2n) is 3.44. The Labute approximate surface area is 92.8 Å². The van der Waals surface area contributed by atoms with Crippen LogP contribution in [0.2, 0.25) is 0 Å². The number of oxime groups is 1. The average Bonchev–Trinajstić information content (AvgIpc) is 2.78. The Balaban J connectivity index is 2.49. The molecule has 0 fully saturated rings. The van der Waals surface area contributed by atoms with Crippen molar-refractivity contribution in [2.24, 2.45) is 10.9 Å². The van der Waals surface area contributed by atoms with Gasteiger partial charge in [0.25, 0.3) is 0 Å². The quantitative estimate of drug-likeness (QED) is 0.343. The summed E-state index contributed by atoms with van der Waals surface area (Å²) >= 11 is 0. The lowest BCUT2D eigenvalue weighted by Gasteiger charge is -2.06. The van der Waals surface area contributed by atoms with Gasteiger partial charge in [0.15, 0.2) is 5.84 Å². The molecule has 0 bridgehead atoms. The van der Waals surface area contributed by atoms with Crippen LogP contribution in [0.15, 0.2) is 41.8 Å². The van der Waals surface area contributed by atoms with Gasteiger partial charge in [-0.3, -0.25) is 4.57 Å². The molecule has 5 heteroatoms. The van der Waals surface area contributed by atoms with Crippen LogP contribution in [-0.2, 0) is 0 Å². The van der Waals surface area contributed by atoms with E-state index in [1.165, 1.54) is 0 Å². The van der Waals surface area contributed by atoms with Crippen molar-refractivity contribution in [3.8, 4) is 5.82 Å². The van der Waals surface area contributed by atoms with Crippen molar-refractivity contribution < 1.29 is 5.21 Å². The summed E-state index contributed by atoms with van der Waals surface area (Å²) in [5, 5.41) is 11.6. The lowest BCUT2D eigenvalue weighted by Crippen LogP contribution is -2.17. The van der Waals surface area contributed by atoms with Crippen molar-refractivity contribution in [3.63, 3.8) is 0 Å². The Bertz CT molecular complexity index is 513. The molecular weight excluding hydrogens is 204 g/mol. The molecule has 2 aromatic heterocycles. The number of hydrogen-bond acceptors (Lipinski definition) is 3. The van der Waals surface area contributed by atoms with Crippen molar-refractivity contribution in [2.45, 2.75) is 6.92 Å². The lowest BCUT2D eigenvalue weighted by atomic mass is 10.3. The first-order valence-electron chi connectivity index (χ1n) is 4.80. The van der Waals surface area contributed by atoms with Crippen molar-refractivity contribution in [3.05, 3.63) is 47.9 Å². The third kappa shape index (κ3) is 1.75. The summed E-state index contributed by atoms with van der Waals surface area (Å²) in [5.74, 6) is 0.796. The first kappa shape index (κ1) is 10.2. The van der Waals surface area contributed by atoms with Crippen LogP contribution >= 0.6 is 0 Å². The minimum absolute atomic E-state index is 0.0624. The van der Waals surface area contributed by atoms with Gasteiger partial charge in [-0.2, -0.15) is 0 Å². The summed E-state index contributed by atoms with van der Waals surface area (Å²) in [7, 11) is 0. The Morgan fingerprint density at radius 1 is 1.44 bits per heavy atom. The van der Waals surface area contributed by atoms with E-state index < -0.39 is 0 Å². The third-order valence-corrected chi connectivity index (χ3v) is 2.26. The Hall–Kier alpha value is -2.30. The first-order valence-corrected chi connectivity index (χ1v) is 4.80. The number of nitrogens with zero attached hydrogens (tertiary/aromatic N) is 3. The number of hydrogen-bond donors (Lipinski definition) is 2. The zero-order chi connectivity index (χ0) is 11.5. The van der Waals surface area contributed by atoms with Gasteiger partial charge in [0.1, 0.15) is 5.82 Å². The van der Waals surface area contributed by atoms with Gasteiger partial charge in [-0.05, 0) is 30.7 Å². The number of pyridine rings is 1. The fourth-order valence-electron chi connectivity index (χ4n) is 1.44. The zero-order valence-corrected chi connectivity index (χ0v) is 8.83. The Kier molecular flexibility index (Phi) is 2.59. The van der Waals surface area contributed by atoms with Crippen molar-refractivity contribution in [2.75, 3.05) is 0 Å². The second kappa shape index (κ2) is 4.06. The van der Waals surface area contributed by atoms with Gasteiger partial charge in [-0.15, -0.1) is 0 Å². The third-order valence-electron chi connectivity index (χ3n) is 2.26. The van der Waals surface area contributed by atoms with E-state index in [-0.39, 0.29) is 5.84 Å². The summed E-state index contributed by atoms with van der Waals surface area (Å²) in [6, 6.07) is 7.41. The smallest absolute Gasteiger partial charge is 0.187 e. The standard InChI is InChI=1S/C11H12N4O/c1-8-4-5-10(13-7-8)15-6-2-3-9(15)11(12)14-16/h2-7,16H,1H3,(H2,12,14). The summed E-state index contributed by atoms with van der Waals surface area (Å²) in [6.07, 6.45) is 3.58. The fraction of sp³-hybridized carbons (Fsp3) is 0.0909. The maximum Gasteiger partial charge on any atom is 0.187 e. The highest BCUT2D eigenvalue weighted by Crippen LogP contribution is 2.10. The monoisotopic (exact) mass is 216 g/mol. The maximum absolute atomic E-state index is 8.65. The highest BCUT2D eigenvalue weighted by molar-refractivity contribution is 5.96. The molecule has 2 heterocycles. The van der Waals surface area contributed by atoms with Gasteiger partial charge in [0, 0.05) is 12.4 Å². The molecule has 0 saturated heterocycles. The van der Waals surface area contributed by atoms with E-state index in [0.717, 1.165) is 11.4 Å². The van der Waals surface area contributed by atoms with Crippen molar-refractivity contribution in [1.29, 1.82) is 0 Å². The van der Waals surface area contributed by atoms with Crippen LogP contribution in [0, 0.1) is 6.92 Å². The van der Waals surface area contributed by atoms with Gasteiger partial charge >= 0.3 is 0 Å². The maximum atomic E-state index is 8.65. The molecule has 16 heavy (non-hydrogen) atoms. The molecule has 0 aliphatic heterocycles. The van der Waals surface area contributed by atoms with Crippen molar-refractivity contribution in [1.82, 2.24) is 9.55 Å². The van der Waals surface area contributed by atoms with Gasteiger partial charge in [-0.1, -0.05) is 11.2 Å². The summed E-state index contributed by atoms with van der Waals surface area (Å²) < 4.78 is 1.76. The van der Waals surface area contributed by atoms with Crippen LogP contribution in [0.5, 0.6) is 0 Å². The molecule has 2 aromatic rings. The predicted octanol–water partition coefficient (Wildman–Crippen LogP) is 1.28. The van der Waals surface area contributed by atoms with E-state index in [2.05, 4.69) is 10.1 Å². The molecular formula is C11H12N4O. The first-order chi connectivity index (χ1) is 7.72. The van der Waals surface area contributed by atoms with Gasteiger partial charge < -0.3 is 10.9 Å². The van der Waals surface area contributed by atoms with Crippen LogP contribution in [0.25, 0.3) is 5.82 Å². The van der Waals surface area contributed by atoms with Crippen LogP contribution in [0.3, 0.4) is 0 Å². The molecule has 0 atom stereocenters. The van der Waals surface area contributed by atoms with Gasteiger partial charge in [0.05, 0.1) is 5.69 Å². The Morgan fingerprint density at radius 3 is 2.88 bits per heavy atom. The van der Waals surface area contributed by atoms with Gasteiger partial charge in [0.2, 0.25) is 0 Å². The number of nitrogens with two attached hydrogens (primary N) is 1. The second-order valence-corrected chi connectivity index (χ2v) is 3.44. The summed E-state index contributed by atoms with van der Waals surface area (Å²) in [6.45, 7) is 1.97. The SMILES string of the molecule is Cc1ccc(-n2cccc2/C(N)=N/O)nc1. The Morgan fingerprint density at radius 2 is 2.25 bits per heavy atom. The van der Waals surface area contributed by atoms with Gasteiger partial charge in [-0.25, -0.2) is 4.98 Å². The predicted molar refractivity (Wildman–Crippen MR) is 60.8 cm³/mol. The number of rotatable bonds is 2. The van der Waals surface area contributed by atoms with Crippen LogP contribution in [0.1, 0.15) is 11.3 Å². The normalized spacial score (nSPS) is 11.7. The minimum Gasteiger partial charge on any atom is -0.409 e. The van der Waals surface area contributed by atoms with Crippen molar-refractivity contribution >= 4 is 5.84 Å². The molecule has 0 radical (unpaired) electrons. The molecule has 0 spiro atoms. The molecule has 2 rings (SSSR count). The number of aryl methyl sites for hydroxylation is 1.